The van der Waals surface area contributed by atoms with E-state index in [1.54, 1.807) is 0 Å². The van der Waals surface area contributed by atoms with Crippen LogP contribution in [0.5, 0.6) is 0 Å². The van der Waals surface area contributed by atoms with E-state index in [4.69, 9.17) is 4.99 Å². The summed E-state index contributed by atoms with van der Waals surface area (Å²) in [6.07, 6.45) is 2.50. The van der Waals surface area contributed by atoms with Gasteiger partial charge in [0.05, 0.1) is 17.7 Å². The van der Waals surface area contributed by atoms with Crippen LogP contribution in [-0.2, 0) is 12.0 Å². The molecule has 1 heteroatoms. The standard InChI is InChI=1S/C45H31N/c1-2-13-34(14-3-1)44(46-30-31-22-24-33(25-23-31)36-27-26-32-12-4-5-15-35(32)28-36)40-29-45(43-21-11-8-18-39(40)43)41-19-9-6-16-37(41)38-17-7-10-20-42(38)45/h1-29H,30H2/b46-44-. The zero-order valence-corrected chi connectivity index (χ0v) is 25.4. The molecular formula is C45H31N. The molecule has 1 spiro atoms. The molecule has 0 atom stereocenters. The maximum absolute atomic E-state index is 5.40. The van der Waals surface area contributed by atoms with Gasteiger partial charge in [0.1, 0.15) is 0 Å². The summed E-state index contributed by atoms with van der Waals surface area (Å²) in [7, 11) is 0. The first-order chi connectivity index (χ1) is 22.8. The summed E-state index contributed by atoms with van der Waals surface area (Å²) in [5.41, 5.74) is 14.5. The van der Waals surface area contributed by atoms with E-state index in [0.717, 1.165) is 11.3 Å². The van der Waals surface area contributed by atoms with Crippen molar-refractivity contribution in [1.29, 1.82) is 0 Å². The average Bonchev–Trinajstić information content (AvgIpc) is 3.62. The molecule has 9 rings (SSSR count). The third-order valence-corrected chi connectivity index (χ3v) is 9.76. The summed E-state index contributed by atoms with van der Waals surface area (Å²) in [6.45, 7) is 0.599. The third-order valence-electron chi connectivity index (χ3n) is 9.76. The summed E-state index contributed by atoms with van der Waals surface area (Å²) in [5, 5.41) is 2.52. The van der Waals surface area contributed by atoms with Gasteiger partial charge in [0.25, 0.3) is 0 Å². The van der Waals surface area contributed by atoms with E-state index in [1.807, 2.05) is 0 Å². The van der Waals surface area contributed by atoms with Gasteiger partial charge in [0.15, 0.2) is 0 Å². The minimum Gasteiger partial charge on any atom is -0.279 e. The van der Waals surface area contributed by atoms with Crippen molar-refractivity contribution in [2.75, 3.05) is 0 Å². The number of rotatable bonds is 5. The Morgan fingerprint density at radius 3 is 1.70 bits per heavy atom. The molecule has 0 saturated heterocycles. The van der Waals surface area contributed by atoms with Gasteiger partial charge in [-0.15, -0.1) is 0 Å². The van der Waals surface area contributed by atoms with Gasteiger partial charge in [-0.2, -0.15) is 0 Å². The topological polar surface area (TPSA) is 12.4 Å². The number of allylic oxidation sites excluding steroid dienone is 2. The number of hydrogen-bond donors (Lipinski definition) is 0. The molecule has 7 aromatic carbocycles. The largest absolute Gasteiger partial charge is 0.279 e. The summed E-state index contributed by atoms with van der Waals surface area (Å²) in [6, 6.07) is 61.5. The van der Waals surface area contributed by atoms with Crippen molar-refractivity contribution in [3.8, 4) is 22.3 Å². The lowest BCUT2D eigenvalue weighted by Crippen LogP contribution is -2.22. The van der Waals surface area contributed by atoms with Crippen molar-refractivity contribution in [2.45, 2.75) is 12.0 Å². The van der Waals surface area contributed by atoms with Gasteiger partial charge in [0.2, 0.25) is 0 Å². The number of benzene rings is 7. The van der Waals surface area contributed by atoms with Crippen LogP contribution >= 0.6 is 0 Å². The summed E-state index contributed by atoms with van der Waals surface area (Å²) in [4.78, 5) is 5.40. The van der Waals surface area contributed by atoms with Crippen molar-refractivity contribution in [3.05, 3.63) is 209 Å². The predicted octanol–water partition coefficient (Wildman–Crippen LogP) is 10.9. The highest BCUT2D eigenvalue weighted by Crippen LogP contribution is 2.58. The minimum absolute atomic E-state index is 0.351. The van der Waals surface area contributed by atoms with Crippen LogP contribution in [0.15, 0.2) is 181 Å². The van der Waals surface area contributed by atoms with Gasteiger partial charge < -0.3 is 0 Å². The maximum atomic E-state index is 5.40. The highest BCUT2D eigenvalue weighted by Gasteiger charge is 2.48. The molecule has 0 radical (unpaired) electrons. The molecule has 1 nitrogen and oxygen atoms in total. The minimum atomic E-state index is -0.351. The first kappa shape index (κ1) is 26.6. The molecule has 0 heterocycles. The first-order valence-corrected chi connectivity index (χ1v) is 16.0. The Morgan fingerprint density at radius 2 is 1.00 bits per heavy atom. The van der Waals surface area contributed by atoms with Crippen LogP contribution in [0.3, 0.4) is 0 Å². The fourth-order valence-electron chi connectivity index (χ4n) is 7.61. The lowest BCUT2D eigenvalue weighted by Gasteiger charge is -2.27. The molecule has 7 aromatic rings. The second-order valence-electron chi connectivity index (χ2n) is 12.3. The lowest BCUT2D eigenvalue weighted by atomic mass is 9.74. The molecule has 0 saturated carbocycles. The Balaban J connectivity index is 1.15. The number of aliphatic imine (C=N–C) groups is 1. The number of fused-ring (bicyclic) bond motifs is 8. The van der Waals surface area contributed by atoms with Crippen LogP contribution in [0.2, 0.25) is 0 Å². The molecule has 0 aliphatic heterocycles. The Hall–Kier alpha value is -5.79. The average molecular weight is 586 g/mol. The van der Waals surface area contributed by atoms with Crippen LogP contribution in [-0.4, -0.2) is 5.71 Å². The van der Waals surface area contributed by atoms with Crippen LogP contribution in [0.25, 0.3) is 38.6 Å². The van der Waals surface area contributed by atoms with E-state index >= 15 is 0 Å². The molecule has 46 heavy (non-hydrogen) atoms. The summed E-state index contributed by atoms with van der Waals surface area (Å²) >= 11 is 0. The van der Waals surface area contributed by atoms with Gasteiger partial charge in [-0.3, -0.25) is 4.99 Å². The van der Waals surface area contributed by atoms with Crippen molar-refractivity contribution in [1.82, 2.24) is 0 Å². The van der Waals surface area contributed by atoms with Gasteiger partial charge in [-0.05, 0) is 66.9 Å². The quantitative estimate of drug-likeness (QED) is 0.178. The van der Waals surface area contributed by atoms with Gasteiger partial charge in [-0.25, -0.2) is 0 Å². The Bertz CT molecular complexity index is 2280. The van der Waals surface area contributed by atoms with Crippen molar-refractivity contribution in [2.24, 2.45) is 4.99 Å². The lowest BCUT2D eigenvalue weighted by molar-refractivity contribution is 0.821. The normalized spacial score (nSPS) is 14.2. The van der Waals surface area contributed by atoms with Crippen LogP contribution in [0, 0.1) is 0 Å². The SMILES string of the molecule is C1=C(/C(=N\Cc2ccc(-c3ccc4ccccc4c3)cc2)c2ccccc2)c2ccccc2C12c1ccccc1-c1ccccc12. The maximum Gasteiger partial charge on any atom is 0.0726 e. The molecule has 0 aromatic heterocycles. The molecule has 0 fully saturated rings. The number of hydrogen-bond acceptors (Lipinski definition) is 1. The molecular weight excluding hydrogens is 555 g/mol. The second kappa shape index (κ2) is 10.7. The Labute approximate surface area is 269 Å². The molecule has 216 valence electrons. The molecule has 2 aliphatic carbocycles. The van der Waals surface area contributed by atoms with Crippen LogP contribution in [0.4, 0.5) is 0 Å². The van der Waals surface area contributed by atoms with Gasteiger partial charge >= 0.3 is 0 Å². The number of nitrogens with zero attached hydrogens (tertiary/aromatic N) is 1. The van der Waals surface area contributed by atoms with E-state index < -0.39 is 0 Å². The monoisotopic (exact) mass is 585 g/mol. The predicted molar refractivity (Wildman–Crippen MR) is 192 cm³/mol. The zero-order chi connectivity index (χ0) is 30.5. The Kier molecular flexibility index (Phi) is 6.18. The summed E-state index contributed by atoms with van der Waals surface area (Å²) in [5.74, 6) is 0. The van der Waals surface area contributed by atoms with Gasteiger partial charge in [0, 0.05) is 11.1 Å². The molecule has 0 amide bonds. The smallest absolute Gasteiger partial charge is 0.0726 e. The van der Waals surface area contributed by atoms with Crippen molar-refractivity contribution < 1.29 is 0 Å². The van der Waals surface area contributed by atoms with E-state index in [1.165, 1.54) is 66.4 Å². The van der Waals surface area contributed by atoms with Crippen LogP contribution < -0.4 is 0 Å². The van der Waals surface area contributed by atoms with Crippen LogP contribution in [0.1, 0.15) is 33.4 Å². The van der Waals surface area contributed by atoms with E-state index in [0.29, 0.717) is 6.54 Å². The fraction of sp³-hybridized carbons (Fsp3) is 0.0444. The van der Waals surface area contributed by atoms with Gasteiger partial charge in [-0.1, -0.05) is 170 Å². The summed E-state index contributed by atoms with van der Waals surface area (Å²) < 4.78 is 0. The van der Waals surface area contributed by atoms with E-state index in [9.17, 15) is 0 Å². The van der Waals surface area contributed by atoms with Crippen molar-refractivity contribution in [3.63, 3.8) is 0 Å². The fourth-order valence-corrected chi connectivity index (χ4v) is 7.61. The molecule has 0 N–H and O–H groups in total. The van der Waals surface area contributed by atoms with E-state index in [-0.39, 0.29) is 5.41 Å². The Morgan fingerprint density at radius 1 is 0.457 bits per heavy atom. The highest BCUT2D eigenvalue weighted by atomic mass is 14.7. The van der Waals surface area contributed by atoms with E-state index in [2.05, 4.69) is 176 Å². The third kappa shape index (κ3) is 4.13. The molecule has 2 aliphatic rings. The first-order valence-electron chi connectivity index (χ1n) is 16.0. The molecule has 0 unspecified atom stereocenters. The highest BCUT2D eigenvalue weighted by molar-refractivity contribution is 6.33. The molecule has 0 bridgehead atoms. The zero-order valence-electron chi connectivity index (χ0n) is 25.4. The second-order valence-corrected chi connectivity index (χ2v) is 12.3. The van der Waals surface area contributed by atoms with Crippen molar-refractivity contribution >= 4 is 22.1 Å².